The molecule has 26 heavy (non-hydrogen) atoms. The van der Waals surface area contributed by atoms with Gasteiger partial charge in [0.1, 0.15) is 0 Å². The van der Waals surface area contributed by atoms with Gasteiger partial charge in [-0.3, -0.25) is 10.1 Å². The number of aromatic nitrogens is 2. The Balaban J connectivity index is 2.04. The summed E-state index contributed by atoms with van der Waals surface area (Å²) in [5.41, 5.74) is 0.617. The first kappa shape index (κ1) is 20.8. The quantitative estimate of drug-likeness (QED) is 0.372. The molecule has 0 radical (unpaired) electrons. The second-order valence-electron chi connectivity index (χ2n) is 5.14. The van der Waals surface area contributed by atoms with Gasteiger partial charge in [-0.2, -0.15) is 4.31 Å². The van der Waals surface area contributed by atoms with Crippen molar-refractivity contribution in [1.29, 1.82) is 0 Å². The topological polar surface area (TPSA) is 92.3 Å². The third-order valence-electron chi connectivity index (χ3n) is 3.07. The summed E-state index contributed by atoms with van der Waals surface area (Å²) in [6.07, 6.45) is 2.79. The van der Waals surface area contributed by atoms with Crippen LogP contribution in [0.2, 0.25) is 5.02 Å². The van der Waals surface area contributed by atoms with Crippen molar-refractivity contribution in [2.45, 2.75) is 10.9 Å². The van der Waals surface area contributed by atoms with E-state index in [9.17, 15) is 13.2 Å². The van der Waals surface area contributed by atoms with Gasteiger partial charge in [0.05, 0.1) is 12.8 Å². The Hall–Kier alpha value is -1.46. The van der Waals surface area contributed by atoms with Crippen molar-refractivity contribution in [3.05, 3.63) is 47.5 Å². The molecule has 1 amide bonds. The largest absolute Gasteiger partial charge is 0.299 e. The molecule has 0 unspecified atom stereocenters. The van der Waals surface area contributed by atoms with Crippen LogP contribution in [0.1, 0.15) is 5.56 Å². The Morgan fingerprint density at radius 2 is 2.15 bits per heavy atom. The van der Waals surface area contributed by atoms with Gasteiger partial charge in [-0.05, 0) is 11.6 Å². The third-order valence-corrected chi connectivity index (χ3v) is 6.60. The molecule has 1 heterocycles. The van der Waals surface area contributed by atoms with Crippen LogP contribution < -0.4 is 5.32 Å². The second-order valence-corrected chi connectivity index (χ2v) is 9.78. The average molecular weight is 433 g/mol. The number of thioether (sulfide) groups is 1. The Labute approximate surface area is 165 Å². The molecule has 0 fully saturated rings. The fourth-order valence-electron chi connectivity index (χ4n) is 1.87. The minimum atomic E-state index is -3.61. The summed E-state index contributed by atoms with van der Waals surface area (Å²) < 4.78 is 25.8. The van der Waals surface area contributed by atoms with Gasteiger partial charge in [-0.1, -0.05) is 59.0 Å². The van der Waals surface area contributed by atoms with E-state index in [-0.39, 0.29) is 13.1 Å². The van der Waals surface area contributed by atoms with Gasteiger partial charge in [-0.25, -0.2) is 8.42 Å². The van der Waals surface area contributed by atoms with Gasteiger partial charge in [0.25, 0.3) is 0 Å². The Bertz CT molecular complexity index is 886. The molecule has 7 nitrogen and oxygen atoms in total. The van der Waals surface area contributed by atoms with Crippen molar-refractivity contribution in [2.24, 2.45) is 0 Å². The van der Waals surface area contributed by atoms with E-state index in [4.69, 9.17) is 11.6 Å². The van der Waals surface area contributed by atoms with Gasteiger partial charge in [0.15, 0.2) is 4.34 Å². The summed E-state index contributed by atoms with van der Waals surface area (Å²) in [5, 5.41) is 11.1. The highest BCUT2D eigenvalue weighted by Gasteiger charge is 2.22. The molecule has 140 valence electrons. The molecule has 0 aliphatic heterocycles. The number of sulfonamides is 1. The van der Waals surface area contributed by atoms with E-state index in [2.05, 4.69) is 22.1 Å². The lowest BCUT2D eigenvalue weighted by Gasteiger charge is -2.19. The Morgan fingerprint density at radius 3 is 2.81 bits per heavy atom. The number of benzene rings is 1. The molecule has 11 heteroatoms. The van der Waals surface area contributed by atoms with Crippen LogP contribution in [0.25, 0.3) is 0 Å². The lowest BCUT2D eigenvalue weighted by molar-refractivity contribution is -0.116. The zero-order valence-corrected chi connectivity index (χ0v) is 17.1. The number of carbonyl (C=O) groups is 1. The molecule has 0 bridgehead atoms. The molecule has 1 N–H and O–H groups in total. The van der Waals surface area contributed by atoms with E-state index in [0.717, 1.165) is 10.6 Å². The SMILES string of the molecule is C=CCSc1nnc(NC(=O)CN(Cc2ccccc2Cl)S(C)(=O)=O)s1. The van der Waals surface area contributed by atoms with Crippen LogP contribution in [-0.2, 0) is 21.4 Å². The molecule has 1 aromatic carbocycles. The highest BCUT2D eigenvalue weighted by Crippen LogP contribution is 2.25. The van der Waals surface area contributed by atoms with Crippen molar-refractivity contribution in [2.75, 3.05) is 23.9 Å². The Kier molecular flexibility index (Phi) is 7.59. The molecule has 2 rings (SSSR count). The molecule has 0 saturated carbocycles. The first-order valence-corrected chi connectivity index (χ1v) is 11.4. The number of anilines is 1. The van der Waals surface area contributed by atoms with E-state index < -0.39 is 15.9 Å². The monoisotopic (exact) mass is 432 g/mol. The predicted molar refractivity (Wildman–Crippen MR) is 106 cm³/mol. The number of rotatable bonds is 9. The van der Waals surface area contributed by atoms with Gasteiger partial charge < -0.3 is 0 Å². The zero-order chi connectivity index (χ0) is 19.2. The van der Waals surface area contributed by atoms with E-state index in [1.165, 1.54) is 23.1 Å². The van der Waals surface area contributed by atoms with E-state index in [1.807, 2.05) is 0 Å². The summed E-state index contributed by atoms with van der Waals surface area (Å²) in [4.78, 5) is 12.2. The number of nitrogens with one attached hydrogen (secondary N) is 1. The molecule has 0 aliphatic rings. The number of amides is 1. The van der Waals surface area contributed by atoms with Crippen LogP contribution in [0.5, 0.6) is 0 Å². The number of hydrogen-bond donors (Lipinski definition) is 1. The van der Waals surface area contributed by atoms with Gasteiger partial charge in [0.2, 0.25) is 21.1 Å². The lowest BCUT2D eigenvalue weighted by atomic mass is 10.2. The number of nitrogens with zero attached hydrogens (tertiary/aromatic N) is 3. The van der Waals surface area contributed by atoms with E-state index in [0.29, 0.717) is 25.8 Å². The summed E-state index contributed by atoms with van der Waals surface area (Å²) >= 11 is 8.74. The van der Waals surface area contributed by atoms with Crippen LogP contribution in [0.15, 0.2) is 41.3 Å². The van der Waals surface area contributed by atoms with Crippen molar-refractivity contribution < 1.29 is 13.2 Å². The van der Waals surface area contributed by atoms with Gasteiger partial charge >= 0.3 is 0 Å². The van der Waals surface area contributed by atoms with Crippen molar-refractivity contribution in [3.63, 3.8) is 0 Å². The molecular formula is C15H17ClN4O3S3. The minimum absolute atomic E-state index is 0.00246. The van der Waals surface area contributed by atoms with E-state index in [1.54, 1.807) is 30.3 Å². The molecular weight excluding hydrogens is 416 g/mol. The summed E-state index contributed by atoms with van der Waals surface area (Å²) in [7, 11) is -3.61. The summed E-state index contributed by atoms with van der Waals surface area (Å²) in [6.45, 7) is 3.28. The van der Waals surface area contributed by atoms with Crippen LogP contribution in [-0.4, -0.2) is 47.4 Å². The molecule has 0 atom stereocenters. The second kappa shape index (κ2) is 9.47. The fourth-order valence-corrected chi connectivity index (χ4v) is 4.32. The average Bonchev–Trinajstić information content (AvgIpc) is 3.00. The zero-order valence-electron chi connectivity index (χ0n) is 13.9. The van der Waals surface area contributed by atoms with Gasteiger partial charge in [0, 0.05) is 17.3 Å². The van der Waals surface area contributed by atoms with Crippen LogP contribution in [0.3, 0.4) is 0 Å². The lowest BCUT2D eigenvalue weighted by Crippen LogP contribution is -2.37. The highest BCUT2D eigenvalue weighted by atomic mass is 35.5. The van der Waals surface area contributed by atoms with Crippen LogP contribution in [0, 0.1) is 0 Å². The predicted octanol–water partition coefficient (Wildman–Crippen LogP) is 2.87. The van der Waals surface area contributed by atoms with Crippen molar-refractivity contribution in [1.82, 2.24) is 14.5 Å². The maximum absolute atomic E-state index is 12.2. The van der Waals surface area contributed by atoms with Crippen molar-refractivity contribution >= 4 is 55.8 Å². The van der Waals surface area contributed by atoms with Crippen LogP contribution in [0.4, 0.5) is 5.13 Å². The van der Waals surface area contributed by atoms with Crippen molar-refractivity contribution in [3.8, 4) is 0 Å². The molecule has 1 aromatic heterocycles. The maximum Gasteiger partial charge on any atom is 0.241 e. The van der Waals surface area contributed by atoms with E-state index >= 15 is 0 Å². The number of halogens is 1. The number of carbonyl (C=O) groups excluding carboxylic acids is 1. The fraction of sp³-hybridized carbons (Fsp3) is 0.267. The Morgan fingerprint density at radius 1 is 1.42 bits per heavy atom. The first-order chi connectivity index (χ1) is 12.3. The third kappa shape index (κ3) is 6.36. The molecule has 0 spiro atoms. The highest BCUT2D eigenvalue weighted by molar-refractivity contribution is 8.01. The molecule has 2 aromatic rings. The normalized spacial score (nSPS) is 11.5. The van der Waals surface area contributed by atoms with Crippen LogP contribution >= 0.6 is 34.7 Å². The minimum Gasteiger partial charge on any atom is -0.299 e. The molecule has 0 aliphatic carbocycles. The van der Waals surface area contributed by atoms with Gasteiger partial charge in [-0.15, -0.1) is 16.8 Å². The number of hydrogen-bond acceptors (Lipinski definition) is 7. The standard InChI is InChI=1S/C15H17ClN4O3S3/c1-3-8-24-15-19-18-14(25-15)17-13(21)10-20(26(2,22)23)9-11-6-4-5-7-12(11)16/h3-7H,1,8-10H2,2H3,(H,17,18,21). The summed E-state index contributed by atoms with van der Waals surface area (Å²) in [6, 6.07) is 6.89. The smallest absolute Gasteiger partial charge is 0.241 e. The first-order valence-electron chi connectivity index (χ1n) is 7.35. The maximum atomic E-state index is 12.2. The molecule has 0 saturated heterocycles. The summed E-state index contributed by atoms with van der Waals surface area (Å²) in [5.74, 6) is 0.182.